The van der Waals surface area contributed by atoms with Gasteiger partial charge in [-0.25, -0.2) is 9.37 Å². The average molecular weight is 348 g/mol. The van der Waals surface area contributed by atoms with Crippen LogP contribution in [0.25, 0.3) is 10.6 Å². The first-order chi connectivity index (χ1) is 11.6. The zero-order valence-electron chi connectivity index (χ0n) is 13.7. The van der Waals surface area contributed by atoms with E-state index >= 15 is 0 Å². The van der Waals surface area contributed by atoms with Gasteiger partial charge in [-0.3, -0.25) is 4.79 Å². The smallest absolute Gasteiger partial charge is 0.266 e. The molecule has 1 amide bonds. The lowest BCUT2D eigenvalue weighted by Crippen LogP contribution is -2.44. The average Bonchev–Trinajstić information content (AvgIpc) is 2.97. The highest BCUT2D eigenvalue weighted by atomic mass is 32.1. The summed E-state index contributed by atoms with van der Waals surface area (Å²) in [6, 6.07) is 6.26. The molecule has 0 saturated carbocycles. The number of hydrogen-bond acceptors (Lipinski definition) is 4. The summed E-state index contributed by atoms with van der Waals surface area (Å²) in [5.41, 5.74) is 1.52. The van der Waals surface area contributed by atoms with Crippen molar-refractivity contribution >= 4 is 17.2 Å². The number of rotatable bonds is 4. The number of aliphatic hydroxyl groups is 1. The lowest BCUT2D eigenvalue weighted by molar-refractivity contribution is 0.0578. The summed E-state index contributed by atoms with van der Waals surface area (Å²) in [5, 5.41) is 9.97. The molecule has 0 radical (unpaired) electrons. The first kappa shape index (κ1) is 17.0. The zero-order valence-corrected chi connectivity index (χ0v) is 14.5. The van der Waals surface area contributed by atoms with E-state index in [9.17, 15) is 14.3 Å². The van der Waals surface area contributed by atoms with Crippen LogP contribution < -0.4 is 0 Å². The topological polar surface area (TPSA) is 53.4 Å². The molecular weight excluding hydrogens is 327 g/mol. The van der Waals surface area contributed by atoms with Crippen LogP contribution in [0.4, 0.5) is 4.39 Å². The molecule has 1 aliphatic rings. The highest BCUT2D eigenvalue weighted by Gasteiger charge is 2.29. The number of thiazole rings is 1. The largest absolute Gasteiger partial charge is 0.396 e. The summed E-state index contributed by atoms with van der Waals surface area (Å²) >= 11 is 1.35. The molecule has 1 aliphatic heterocycles. The number of carbonyl (C=O) groups excluding carboxylic acids is 1. The third-order valence-corrected chi connectivity index (χ3v) is 5.63. The van der Waals surface area contributed by atoms with E-state index in [4.69, 9.17) is 0 Å². The number of aromatic nitrogens is 1. The van der Waals surface area contributed by atoms with Gasteiger partial charge in [-0.15, -0.1) is 11.3 Å². The third-order valence-electron chi connectivity index (χ3n) is 4.43. The Morgan fingerprint density at radius 1 is 1.38 bits per heavy atom. The Bertz CT molecular complexity index is 712. The van der Waals surface area contributed by atoms with Crippen LogP contribution in [0.15, 0.2) is 24.3 Å². The van der Waals surface area contributed by atoms with Crippen molar-refractivity contribution in [3.05, 3.63) is 40.7 Å². The minimum atomic E-state index is -0.288. The molecule has 0 bridgehead atoms. The minimum Gasteiger partial charge on any atom is -0.396 e. The van der Waals surface area contributed by atoms with Gasteiger partial charge in [-0.2, -0.15) is 0 Å². The summed E-state index contributed by atoms with van der Waals surface area (Å²) in [5.74, 6) is -0.292. The molecule has 6 heteroatoms. The zero-order chi connectivity index (χ0) is 17.1. The predicted octanol–water partition coefficient (Wildman–Crippen LogP) is 3.63. The van der Waals surface area contributed by atoms with Crippen LogP contribution in [0.1, 0.15) is 41.0 Å². The summed E-state index contributed by atoms with van der Waals surface area (Å²) in [6.45, 7) is 2.66. The molecule has 0 spiro atoms. The molecule has 4 nitrogen and oxygen atoms in total. The summed E-state index contributed by atoms with van der Waals surface area (Å²) in [4.78, 5) is 20.0. The molecule has 24 heavy (non-hydrogen) atoms. The van der Waals surface area contributed by atoms with Crippen molar-refractivity contribution in [2.45, 2.75) is 38.6 Å². The van der Waals surface area contributed by atoms with Crippen LogP contribution >= 0.6 is 11.3 Å². The van der Waals surface area contributed by atoms with Gasteiger partial charge in [0, 0.05) is 24.8 Å². The van der Waals surface area contributed by atoms with E-state index in [1.165, 1.54) is 23.5 Å². The second kappa shape index (κ2) is 7.40. The number of likely N-dealkylation sites (tertiary alicyclic amines) is 1. The van der Waals surface area contributed by atoms with Gasteiger partial charge in [0.15, 0.2) is 0 Å². The number of hydrogen-bond donors (Lipinski definition) is 1. The molecule has 128 valence electrons. The number of benzene rings is 1. The monoisotopic (exact) mass is 348 g/mol. The van der Waals surface area contributed by atoms with E-state index < -0.39 is 0 Å². The number of carbonyl (C=O) groups is 1. The molecule has 3 rings (SSSR count). The van der Waals surface area contributed by atoms with Crippen molar-refractivity contribution in [1.29, 1.82) is 0 Å². The number of amides is 1. The van der Waals surface area contributed by atoms with Crippen LogP contribution in [-0.2, 0) is 0 Å². The standard InChI is InChI=1S/C18H21FN2O2S/c1-12-16(18(23)21-10-3-2-4-15(21)9-11-22)24-17(20-12)13-5-7-14(19)8-6-13/h5-8,15,22H,2-4,9-11H2,1H3. The van der Waals surface area contributed by atoms with Gasteiger partial charge in [0.05, 0.1) is 5.69 Å². The molecule has 1 unspecified atom stereocenters. The number of piperidine rings is 1. The quantitative estimate of drug-likeness (QED) is 0.918. The number of aliphatic hydroxyl groups excluding tert-OH is 1. The van der Waals surface area contributed by atoms with E-state index in [1.807, 2.05) is 11.8 Å². The minimum absolute atomic E-state index is 0.00323. The summed E-state index contributed by atoms with van der Waals surface area (Å²) in [7, 11) is 0. The van der Waals surface area contributed by atoms with Crippen molar-refractivity contribution in [2.24, 2.45) is 0 Å². The second-order valence-electron chi connectivity index (χ2n) is 6.10. The molecular formula is C18H21FN2O2S. The molecule has 1 N–H and O–H groups in total. The molecule has 1 atom stereocenters. The maximum absolute atomic E-state index is 13.1. The van der Waals surface area contributed by atoms with Gasteiger partial charge in [0.25, 0.3) is 5.91 Å². The van der Waals surface area contributed by atoms with Crippen molar-refractivity contribution in [1.82, 2.24) is 9.88 Å². The van der Waals surface area contributed by atoms with Gasteiger partial charge >= 0.3 is 0 Å². The van der Waals surface area contributed by atoms with E-state index in [-0.39, 0.29) is 24.4 Å². The van der Waals surface area contributed by atoms with Crippen molar-refractivity contribution < 1.29 is 14.3 Å². The fourth-order valence-corrected chi connectivity index (χ4v) is 4.19. The Hall–Kier alpha value is -1.79. The van der Waals surface area contributed by atoms with Crippen molar-refractivity contribution in [3.63, 3.8) is 0 Å². The molecule has 2 heterocycles. The third kappa shape index (κ3) is 3.49. The van der Waals surface area contributed by atoms with E-state index in [0.29, 0.717) is 17.0 Å². The maximum atomic E-state index is 13.1. The lowest BCUT2D eigenvalue weighted by Gasteiger charge is -2.35. The van der Waals surface area contributed by atoms with E-state index in [2.05, 4.69) is 4.98 Å². The Balaban J connectivity index is 1.86. The molecule has 2 aromatic rings. The first-order valence-electron chi connectivity index (χ1n) is 8.25. The van der Waals surface area contributed by atoms with E-state index in [0.717, 1.165) is 36.4 Å². The van der Waals surface area contributed by atoms with Crippen LogP contribution in [0.2, 0.25) is 0 Å². The SMILES string of the molecule is Cc1nc(-c2ccc(F)cc2)sc1C(=O)N1CCCCC1CCO. The Labute approximate surface area is 145 Å². The Morgan fingerprint density at radius 2 is 2.12 bits per heavy atom. The van der Waals surface area contributed by atoms with Crippen LogP contribution in [-0.4, -0.2) is 40.1 Å². The van der Waals surface area contributed by atoms with Gasteiger partial charge in [-0.05, 0) is 56.9 Å². The highest BCUT2D eigenvalue weighted by molar-refractivity contribution is 7.17. The van der Waals surface area contributed by atoms with Crippen LogP contribution in [0.5, 0.6) is 0 Å². The predicted molar refractivity (Wildman–Crippen MR) is 92.6 cm³/mol. The van der Waals surface area contributed by atoms with Crippen molar-refractivity contribution in [3.8, 4) is 10.6 Å². The summed E-state index contributed by atoms with van der Waals surface area (Å²) in [6.07, 6.45) is 3.65. The first-order valence-corrected chi connectivity index (χ1v) is 9.07. The van der Waals surface area contributed by atoms with Gasteiger partial charge in [0.2, 0.25) is 0 Å². The summed E-state index contributed by atoms with van der Waals surface area (Å²) < 4.78 is 13.1. The maximum Gasteiger partial charge on any atom is 0.266 e. The highest BCUT2D eigenvalue weighted by Crippen LogP contribution is 2.31. The number of aryl methyl sites for hydroxylation is 1. The number of halogens is 1. The lowest BCUT2D eigenvalue weighted by atomic mass is 9.99. The van der Waals surface area contributed by atoms with Gasteiger partial charge in [-0.1, -0.05) is 0 Å². The molecule has 1 fully saturated rings. The normalized spacial score (nSPS) is 18.0. The van der Waals surface area contributed by atoms with E-state index in [1.54, 1.807) is 12.1 Å². The molecule has 1 aromatic carbocycles. The Morgan fingerprint density at radius 3 is 2.83 bits per heavy atom. The fourth-order valence-electron chi connectivity index (χ4n) is 3.16. The second-order valence-corrected chi connectivity index (χ2v) is 7.10. The molecule has 1 saturated heterocycles. The number of nitrogens with zero attached hydrogens (tertiary/aromatic N) is 2. The van der Waals surface area contributed by atoms with Crippen LogP contribution in [0.3, 0.4) is 0 Å². The molecule has 1 aromatic heterocycles. The Kier molecular flexibility index (Phi) is 5.26. The van der Waals surface area contributed by atoms with Crippen LogP contribution in [0, 0.1) is 12.7 Å². The van der Waals surface area contributed by atoms with Crippen molar-refractivity contribution in [2.75, 3.05) is 13.2 Å². The fraction of sp³-hybridized carbons (Fsp3) is 0.444. The van der Waals surface area contributed by atoms with Gasteiger partial charge in [0.1, 0.15) is 15.7 Å². The van der Waals surface area contributed by atoms with Gasteiger partial charge < -0.3 is 10.0 Å². The molecule has 0 aliphatic carbocycles.